The van der Waals surface area contributed by atoms with Crippen molar-refractivity contribution in [2.24, 2.45) is 4.41 Å². The Labute approximate surface area is 170 Å². The standard InChI is InChI=1S/C24H30NOPSi/c1-20(2)26-23-18-12-13-19-24(23)27(25-28(3,4)5,21-14-8-6-9-15-21)22-16-10-7-11-17-22/h6-20H,1-5H3. The number of para-hydroxylation sites is 1. The topological polar surface area (TPSA) is 21.6 Å². The Morgan fingerprint density at radius 3 is 1.64 bits per heavy atom. The minimum atomic E-state index is -2.21. The number of hydrogen-bond donors (Lipinski definition) is 0. The van der Waals surface area contributed by atoms with Crippen molar-refractivity contribution in [1.29, 1.82) is 0 Å². The van der Waals surface area contributed by atoms with Crippen LogP contribution in [-0.4, -0.2) is 14.3 Å². The molecule has 0 atom stereocenters. The van der Waals surface area contributed by atoms with Crippen molar-refractivity contribution in [3.8, 4) is 5.75 Å². The third-order valence-corrected chi connectivity index (χ3v) is 11.0. The first-order chi connectivity index (χ1) is 13.3. The van der Waals surface area contributed by atoms with Gasteiger partial charge in [0.15, 0.2) is 8.24 Å². The zero-order valence-corrected chi connectivity index (χ0v) is 19.4. The van der Waals surface area contributed by atoms with Crippen molar-refractivity contribution in [2.45, 2.75) is 39.6 Å². The molecule has 0 saturated heterocycles. The molecule has 0 aromatic heterocycles. The highest BCUT2D eigenvalue weighted by atomic mass is 31.2. The van der Waals surface area contributed by atoms with E-state index >= 15 is 0 Å². The fourth-order valence-corrected chi connectivity index (χ4v) is 11.2. The summed E-state index contributed by atoms with van der Waals surface area (Å²) in [6.45, 7) is 11.1. The predicted molar refractivity (Wildman–Crippen MR) is 127 cm³/mol. The van der Waals surface area contributed by atoms with E-state index in [0.717, 1.165) is 5.75 Å². The number of rotatable bonds is 6. The van der Waals surface area contributed by atoms with Crippen LogP contribution in [-0.2, 0) is 0 Å². The summed E-state index contributed by atoms with van der Waals surface area (Å²) >= 11 is 0. The quantitative estimate of drug-likeness (QED) is 0.375. The van der Waals surface area contributed by atoms with Gasteiger partial charge in [0.25, 0.3) is 0 Å². The molecular formula is C24H30NOPSi. The second-order valence-corrected chi connectivity index (χ2v) is 16.1. The molecule has 0 aliphatic heterocycles. The van der Waals surface area contributed by atoms with E-state index in [-0.39, 0.29) is 6.10 Å². The van der Waals surface area contributed by atoms with E-state index < -0.39 is 15.3 Å². The molecular weight excluding hydrogens is 377 g/mol. The fraction of sp³-hybridized carbons (Fsp3) is 0.250. The van der Waals surface area contributed by atoms with Gasteiger partial charge in [-0.1, -0.05) is 92.4 Å². The molecule has 0 bridgehead atoms. The summed E-state index contributed by atoms with van der Waals surface area (Å²) in [6, 6.07) is 30.1. The van der Waals surface area contributed by atoms with Crippen LogP contribution < -0.4 is 20.7 Å². The largest absolute Gasteiger partial charge is 0.490 e. The second-order valence-electron chi connectivity index (χ2n) is 8.21. The van der Waals surface area contributed by atoms with Gasteiger partial charge >= 0.3 is 0 Å². The molecule has 0 saturated carbocycles. The van der Waals surface area contributed by atoms with Crippen LogP contribution in [0.4, 0.5) is 0 Å². The summed E-state index contributed by atoms with van der Waals surface area (Å²) in [6.07, 6.45) is 0.112. The van der Waals surface area contributed by atoms with E-state index in [2.05, 4.69) is 118 Å². The Hall–Kier alpha value is -2.09. The molecule has 4 heteroatoms. The van der Waals surface area contributed by atoms with E-state index in [1.165, 1.54) is 15.9 Å². The Bertz CT molecular complexity index is 919. The maximum atomic E-state index is 6.29. The smallest absolute Gasteiger partial charge is 0.171 e. The van der Waals surface area contributed by atoms with E-state index in [4.69, 9.17) is 9.15 Å². The summed E-state index contributed by atoms with van der Waals surface area (Å²) in [5, 5.41) is 3.77. The van der Waals surface area contributed by atoms with Crippen molar-refractivity contribution in [3.63, 3.8) is 0 Å². The normalized spacial score (nSPS) is 12.1. The summed E-state index contributed by atoms with van der Waals surface area (Å²) in [4.78, 5) is 0. The monoisotopic (exact) mass is 407 g/mol. The van der Waals surface area contributed by atoms with Gasteiger partial charge in [-0.25, -0.2) is 0 Å². The van der Waals surface area contributed by atoms with Gasteiger partial charge in [-0.2, -0.15) is 0 Å². The molecule has 3 aromatic rings. The first kappa shape index (κ1) is 20.6. The highest BCUT2D eigenvalue weighted by Gasteiger charge is 2.32. The van der Waals surface area contributed by atoms with Crippen LogP contribution in [0.15, 0.2) is 89.3 Å². The Morgan fingerprint density at radius 1 is 0.714 bits per heavy atom. The molecule has 0 aliphatic carbocycles. The predicted octanol–water partition coefficient (Wildman–Crippen LogP) is 5.79. The van der Waals surface area contributed by atoms with Crippen LogP contribution >= 0.6 is 7.05 Å². The van der Waals surface area contributed by atoms with Crippen molar-refractivity contribution < 1.29 is 4.74 Å². The zero-order valence-electron chi connectivity index (χ0n) is 17.5. The number of nitrogens with zero attached hydrogens (tertiary/aromatic N) is 1. The van der Waals surface area contributed by atoms with Gasteiger partial charge < -0.3 is 9.15 Å². The van der Waals surface area contributed by atoms with E-state index in [1.54, 1.807) is 0 Å². The average molecular weight is 408 g/mol. The maximum absolute atomic E-state index is 6.29. The summed E-state index contributed by atoms with van der Waals surface area (Å²) < 4.78 is 12.0. The molecule has 0 spiro atoms. The van der Waals surface area contributed by atoms with Crippen LogP contribution in [0.3, 0.4) is 0 Å². The molecule has 0 unspecified atom stereocenters. The molecule has 0 fully saturated rings. The second kappa shape index (κ2) is 8.51. The van der Waals surface area contributed by atoms with Crippen LogP contribution in [0, 0.1) is 0 Å². The lowest BCUT2D eigenvalue weighted by Gasteiger charge is -2.32. The Morgan fingerprint density at radius 2 is 1.18 bits per heavy atom. The minimum Gasteiger partial charge on any atom is -0.490 e. The van der Waals surface area contributed by atoms with E-state index in [0.29, 0.717) is 0 Å². The van der Waals surface area contributed by atoms with Crippen molar-refractivity contribution in [1.82, 2.24) is 0 Å². The molecule has 0 aliphatic rings. The summed E-state index contributed by atoms with van der Waals surface area (Å²) in [5.74, 6) is 0.945. The van der Waals surface area contributed by atoms with E-state index in [9.17, 15) is 0 Å². The molecule has 2 nitrogen and oxygen atoms in total. The first-order valence-corrected chi connectivity index (χ1v) is 15.0. The van der Waals surface area contributed by atoms with Crippen molar-refractivity contribution >= 4 is 31.2 Å². The number of benzene rings is 3. The van der Waals surface area contributed by atoms with Crippen LogP contribution in [0.5, 0.6) is 5.75 Å². The molecule has 3 rings (SSSR count). The SMILES string of the molecule is CC(C)Oc1ccccc1P(=N[Si](C)(C)C)(c1ccccc1)c1ccccc1. The lowest BCUT2D eigenvalue weighted by molar-refractivity contribution is 0.244. The van der Waals surface area contributed by atoms with Gasteiger partial charge in [-0.3, -0.25) is 0 Å². The molecule has 3 aromatic carbocycles. The molecule has 146 valence electrons. The lowest BCUT2D eigenvalue weighted by atomic mass is 10.3. The molecule has 0 radical (unpaired) electrons. The summed E-state index contributed by atoms with van der Waals surface area (Å²) in [5.41, 5.74) is 0. The fourth-order valence-electron chi connectivity index (χ4n) is 3.41. The number of ether oxygens (including phenoxy) is 1. The highest BCUT2D eigenvalue weighted by Crippen LogP contribution is 2.50. The highest BCUT2D eigenvalue weighted by molar-refractivity contribution is 7.88. The van der Waals surface area contributed by atoms with Gasteiger partial charge in [0, 0.05) is 12.4 Å². The van der Waals surface area contributed by atoms with Crippen LogP contribution in [0.1, 0.15) is 13.8 Å². The number of hydrogen-bond acceptors (Lipinski definition) is 2. The van der Waals surface area contributed by atoms with Crippen molar-refractivity contribution in [2.75, 3.05) is 0 Å². The van der Waals surface area contributed by atoms with Gasteiger partial charge in [0.05, 0.1) is 6.10 Å². The van der Waals surface area contributed by atoms with Crippen molar-refractivity contribution in [3.05, 3.63) is 84.9 Å². The molecule has 0 N–H and O–H groups in total. The third-order valence-electron chi connectivity index (χ3n) is 4.29. The third kappa shape index (κ3) is 4.48. The van der Waals surface area contributed by atoms with Crippen LogP contribution in [0.2, 0.25) is 19.6 Å². The Balaban J connectivity index is 2.47. The van der Waals surface area contributed by atoms with Crippen LogP contribution in [0.25, 0.3) is 0 Å². The Kier molecular flexibility index (Phi) is 6.27. The van der Waals surface area contributed by atoms with Gasteiger partial charge in [-0.05, 0) is 36.6 Å². The lowest BCUT2D eigenvalue weighted by Crippen LogP contribution is -2.31. The van der Waals surface area contributed by atoms with Gasteiger partial charge in [0.2, 0.25) is 0 Å². The molecule has 0 heterocycles. The summed E-state index contributed by atoms with van der Waals surface area (Å²) in [7, 11) is -3.99. The van der Waals surface area contributed by atoms with Gasteiger partial charge in [-0.15, -0.1) is 0 Å². The maximum Gasteiger partial charge on any atom is 0.171 e. The molecule has 28 heavy (non-hydrogen) atoms. The van der Waals surface area contributed by atoms with Gasteiger partial charge in [0.1, 0.15) is 5.75 Å². The average Bonchev–Trinajstić information content (AvgIpc) is 2.67. The molecule has 0 amide bonds. The van der Waals surface area contributed by atoms with E-state index in [1.807, 2.05) is 0 Å². The first-order valence-electron chi connectivity index (χ1n) is 9.84. The zero-order chi connectivity index (χ0) is 20.2. The minimum absolute atomic E-state index is 0.112.